The van der Waals surface area contributed by atoms with Crippen molar-refractivity contribution < 1.29 is 0 Å². The number of rotatable bonds is 8. The molecule has 1 aromatic rings. The van der Waals surface area contributed by atoms with Gasteiger partial charge in [0.05, 0.1) is 22.4 Å². The molecule has 0 saturated carbocycles. The Morgan fingerprint density at radius 3 is 2.67 bits per heavy atom. The Morgan fingerprint density at radius 1 is 1.39 bits per heavy atom. The predicted octanol–water partition coefficient (Wildman–Crippen LogP) is 3.71. The van der Waals surface area contributed by atoms with Gasteiger partial charge in [-0.05, 0) is 41.1 Å². The zero-order valence-electron chi connectivity index (χ0n) is 11.7. The number of thioether (sulfide) groups is 1. The van der Waals surface area contributed by atoms with Gasteiger partial charge in [0.25, 0.3) is 0 Å². The van der Waals surface area contributed by atoms with Crippen LogP contribution in [0.2, 0.25) is 0 Å². The lowest BCUT2D eigenvalue weighted by molar-refractivity contribution is 0.525. The Hall–Kier alpha value is 0. The quantitative estimate of drug-likeness (QED) is 0.786. The van der Waals surface area contributed by atoms with Crippen molar-refractivity contribution in [3.63, 3.8) is 0 Å². The highest BCUT2D eigenvalue weighted by atomic mass is 79.9. The van der Waals surface area contributed by atoms with Crippen molar-refractivity contribution in [1.29, 1.82) is 0 Å². The molecule has 0 aliphatic carbocycles. The van der Waals surface area contributed by atoms with Gasteiger partial charge in [0.15, 0.2) is 0 Å². The van der Waals surface area contributed by atoms with Crippen molar-refractivity contribution in [2.45, 2.75) is 40.3 Å². The van der Waals surface area contributed by atoms with E-state index < -0.39 is 0 Å². The lowest BCUT2D eigenvalue weighted by Gasteiger charge is -2.20. The molecule has 0 saturated heterocycles. The predicted molar refractivity (Wildman–Crippen MR) is 84.2 cm³/mol. The van der Waals surface area contributed by atoms with Gasteiger partial charge in [0, 0.05) is 12.3 Å². The molecule has 0 spiro atoms. The van der Waals surface area contributed by atoms with Gasteiger partial charge in [-0.1, -0.05) is 20.8 Å². The number of halogens is 1. The van der Waals surface area contributed by atoms with Gasteiger partial charge in [0.1, 0.15) is 0 Å². The summed E-state index contributed by atoms with van der Waals surface area (Å²) in [6, 6.07) is 0.371. The van der Waals surface area contributed by atoms with Gasteiger partial charge >= 0.3 is 0 Å². The average Bonchev–Trinajstić information content (AvgIpc) is 2.69. The zero-order chi connectivity index (χ0) is 13.5. The average molecular weight is 334 g/mol. The van der Waals surface area contributed by atoms with E-state index in [1.807, 2.05) is 18.0 Å². The molecule has 5 heteroatoms. The van der Waals surface area contributed by atoms with Crippen LogP contribution in [0.15, 0.2) is 10.7 Å². The van der Waals surface area contributed by atoms with Crippen LogP contribution in [0.4, 0.5) is 0 Å². The normalized spacial score (nSPS) is 13.2. The third-order valence-electron chi connectivity index (χ3n) is 2.65. The first kappa shape index (κ1) is 16.1. The number of nitrogens with zero attached hydrogens (tertiary/aromatic N) is 2. The first-order valence-electron chi connectivity index (χ1n) is 6.62. The molecule has 0 fully saturated rings. The maximum Gasteiger partial charge on any atom is 0.0703 e. The van der Waals surface area contributed by atoms with E-state index in [4.69, 9.17) is 0 Å². The number of hydrogen-bond donors (Lipinski definition) is 1. The second kappa shape index (κ2) is 8.23. The SMILES string of the molecule is CCNC(CSCC(C)C)c1c(Br)cnn1CC. The lowest BCUT2D eigenvalue weighted by atomic mass is 10.2. The van der Waals surface area contributed by atoms with Crippen molar-refractivity contribution in [2.24, 2.45) is 5.92 Å². The molecule has 0 amide bonds. The molecule has 1 heterocycles. The molecule has 1 N–H and O–H groups in total. The number of nitrogens with one attached hydrogen (secondary N) is 1. The molecule has 0 aromatic carbocycles. The van der Waals surface area contributed by atoms with E-state index >= 15 is 0 Å². The molecule has 0 aliphatic heterocycles. The molecule has 1 atom stereocenters. The van der Waals surface area contributed by atoms with Crippen molar-refractivity contribution in [3.05, 3.63) is 16.4 Å². The van der Waals surface area contributed by atoms with Crippen molar-refractivity contribution in [2.75, 3.05) is 18.1 Å². The highest BCUT2D eigenvalue weighted by Crippen LogP contribution is 2.26. The van der Waals surface area contributed by atoms with Crippen LogP contribution in [0.5, 0.6) is 0 Å². The Labute approximate surface area is 123 Å². The molecule has 1 unspecified atom stereocenters. The van der Waals surface area contributed by atoms with Crippen LogP contribution in [0.3, 0.4) is 0 Å². The first-order chi connectivity index (χ1) is 8.60. The molecule has 0 bridgehead atoms. The topological polar surface area (TPSA) is 29.9 Å². The van der Waals surface area contributed by atoms with Crippen LogP contribution in [-0.4, -0.2) is 27.8 Å². The zero-order valence-corrected chi connectivity index (χ0v) is 14.1. The summed E-state index contributed by atoms with van der Waals surface area (Å²) in [4.78, 5) is 0. The molecule has 1 rings (SSSR count). The van der Waals surface area contributed by atoms with Gasteiger partial charge in [0.2, 0.25) is 0 Å². The molecule has 104 valence electrons. The molecular weight excluding hydrogens is 310 g/mol. The Bertz CT molecular complexity index is 352. The second-order valence-corrected chi connectivity index (χ2v) is 6.66. The third-order valence-corrected chi connectivity index (χ3v) is 4.73. The van der Waals surface area contributed by atoms with E-state index in [1.165, 1.54) is 11.4 Å². The van der Waals surface area contributed by atoms with Crippen LogP contribution in [0, 0.1) is 5.92 Å². The minimum absolute atomic E-state index is 0.371. The van der Waals surface area contributed by atoms with Crippen LogP contribution < -0.4 is 5.32 Å². The summed E-state index contributed by atoms with van der Waals surface area (Å²) in [6.07, 6.45) is 1.90. The van der Waals surface area contributed by atoms with E-state index in [1.54, 1.807) is 0 Å². The second-order valence-electron chi connectivity index (χ2n) is 4.74. The summed E-state index contributed by atoms with van der Waals surface area (Å²) in [6.45, 7) is 10.7. The van der Waals surface area contributed by atoms with Gasteiger partial charge in [-0.3, -0.25) is 4.68 Å². The van der Waals surface area contributed by atoms with Crippen molar-refractivity contribution in [3.8, 4) is 0 Å². The van der Waals surface area contributed by atoms with E-state index in [0.29, 0.717) is 6.04 Å². The molecule has 0 radical (unpaired) electrons. The van der Waals surface area contributed by atoms with E-state index in [-0.39, 0.29) is 0 Å². The van der Waals surface area contributed by atoms with Crippen LogP contribution in [-0.2, 0) is 6.54 Å². The minimum Gasteiger partial charge on any atom is -0.308 e. The summed E-state index contributed by atoms with van der Waals surface area (Å²) in [5.41, 5.74) is 1.27. The maximum atomic E-state index is 4.40. The van der Waals surface area contributed by atoms with Gasteiger partial charge in [-0.15, -0.1) is 0 Å². The summed E-state index contributed by atoms with van der Waals surface area (Å²) < 4.78 is 3.19. The molecular formula is C13H24BrN3S. The molecule has 18 heavy (non-hydrogen) atoms. The van der Waals surface area contributed by atoms with E-state index in [9.17, 15) is 0 Å². The van der Waals surface area contributed by atoms with E-state index in [0.717, 1.165) is 29.2 Å². The smallest absolute Gasteiger partial charge is 0.0703 e. The van der Waals surface area contributed by atoms with Gasteiger partial charge in [-0.25, -0.2) is 0 Å². The third kappa shape index (κ3) is 4.59. The monoisotopic (exact) mass is 333 g/mol. The highest BCUT2D eigenvalue weighted by Gasteiger charge is 2.18. The lowest BCUT2D eigenvalue weighted by Crippen LogP contribution is -2.26. The summed E-state index contributed by atoms with van der Waals surface area (Å²) >= 11 is 5.63. The fourth-order valence-corrected chi connectivity index (χ4v) is 3.56. The molecule has 0 aliphatic rings. The fourth-order valence-electron chi connectivity index (χ4n) is 1.87. The van der Waals surface area contributed by atoms with Gasteiger partial charge in [-0.2, -0.15) is 16.9 Å². The van der Waals surface area contributed by atoms with Gasteiger partial charge < -0.3 is 5.32 Å². The number of aromatic nitrogens is 2. The van der Waals surface area contributed by atoms with Crippen LogP contribution in [0.25, 0.3) is 0 Å². The van der Waals surface area contributed by atoms with Crippen LogP contribution >= 0.6 is 27.7 Å². The fraction of sp³-hybridized carbons (Fsp3) is 0.769. The molecule has 1 aromatic heterocycles. The number of hydrogen-bond acceptors (Lipinski definition) is 3. The molecule has 3 nitrogen and oxygen atoms in total. The standard InChI is InChI=1S/C13H24BrN3S/c1-5-15-12(9-18-8-10(3)4)13-11(14)7-16-17(13)6-2/h7,10,12,15H,5-6,8-9H2,1-4H3. The van der Waals surface area contributed by atoms with Crippen molar-refractivity contribution >= 4 is 27.7 Å². The Kier molecular flexibility index (Phi) is 7.34. The Morgan fingerprint density at radius 2 is 2.11 bits per heavy atom. The summed E-state index contributed by atoms with van der Waals surface area (Å²) in [5.74, 6) is 3.05. The minimum atomic E-state index is 0.371. The first-order valence-corrected chi connectivity index (χ1v) is 8.57. The van der Waals surface area contributed by atoms with Crippen LogP contribution in [0.1, 0.15) is 39.4 Å². The summed E-state index contributed by atoms with van der Waals surface area (Å²) in [7, 11) is 0. The number of aryl methyl sites for hydroxylation is 1. The maximum absolute atomic E-state index is 4.40. The largest absolute Gasteiger partial charge is 0.308 e. The highest BCUT2D eigenvalue weighted by molar-refractivity contribution is 9.10. The van der Waals surface area contributed by atoms with E-state index in [2.05, 4.69) is 58.7 Å². The van der Waals surface area contributed by atoms with Crippen molar-refractivity contribution in [1.82, 2.24) is 15.1 Å². The Balaban J connectivity index is 2.73. The summed E-state index contributed by atoms with van der Waals surface area (Å²) in [5, 5.41) is 7.96.